The fraction of sp³-hybridized carbons (Fsp3) is 0.375. The zero-order chi connectivity index (χ0) is 35.9. The van der Waals surface area contributed by atoms with E-state index in [1.807, 2.05) is 55.5 Å². The first-order chi connectivity index (χ1) is 24.0. The number of alkyl halides is 3. The SMILES string of the molecule is CCCCCC[C@H](C)OC(=O)c1ccc2cc(OC(=O)c3ccc(-c4ccc(OCCCCCCOC(=O)C(F)(F)F)cc4)cc3)ccc2c1. The summed E-state index contributed by atoms with van der Waals surface area (Å²) in [5, 5.41) is 1.66. The van der Waals surface area contributed by atoms with E-state index in [4.69, 9.17) is 14.2 Å². The third-order valence-corrected chi connectivity index (χ3v) is 8.11. The molecule has 4 aromatic rings. The van der Waals surface area contributed by atoms with Gasteiger partial charge in [0.2, 0.25) is 0 Å². The molecule has 0 saturated heterocycles. The minimum absolute atomic E-state index is 0.142. The van der Waals surface area contributed by atoms with E-state index in [9.17, 15) is 27.6 Å². The maximum absolute atomic E-state index is 12.9. The lowest BCUT2D eigenvalue weighted by molar-refractivity contribution is -0.199. The Hall–Kier alpha value is -4.86. The second-order valence-corrected chi connectivity index (χ2v) is 12.2. The molecule has 0 N–H and O–H groups in total. The molecule has 0 aliphatic heterocycles. The molecular weight excluding hydrogens is 649 g/mol. The summed E-state index contributed by atoms with van der Waals surface area (Å²) in [7, 11) is 0. The number of rotatable bonds is 18. The highest BCUT2D eigenvalue weighted by molar-refractivity contribution is 5.96. The van der Waals surface area contributed by atoms with Gasteiger partial charge in [-0.1, -0.05) is 62.6 Å². The van der Waals surface area contributed by atoms with Crippen LogP contribution in [-0.2, 0) is 14.3 Å². The zero-order valence-corrected chi connectivity index (χ0v) is 28.4. The number of esters is 3. The molecule has 266 valence electrons. The Balaban J connectivity index is 1.21. The Morgan fingerprint density at radius 3 is 1.90 bits per heavy atom. The highest BCUT2D eigenvalue weighted by Crippen LogP contribution is 2.26. The summed E-state index contributed by atoms with van der Waals surface area (Å²) in [6.07, 6.45) is 2.69. The summed E-state index contributed by atoms with van der Waals surface area (Å²) in [6.45, 7) is 4.28. The average Bonchev–Trinajstić information content (AvgIpc) is 3.10. The first-order valence-electron chi connectivity index (χ1n) is 17.1. The Kier molecular flexibility index (Phi) is 14.3. The number of fused-ring (bicyclic) bond motifs is 1. The zero-order valence-electron chi connectivity index (χ0n) is 28.4. The molecule has 0 unspecified atom stereocenters. The molecule has 0 fully saturated rings. The molecule has 0 bridgehead atoms. The fourth-order valence-electron chi connectivity index (χ4n) is 5.29. The minimum atomic E-state index is -4.96. The van der Waals surface area contributed by atoms with Gasteiger partial charge in [0.05, 0.1) is 30.4 Å². The van der Waals surface area contributed by atoms with Crippen molar-refractivity contribution in [3.63, 3.8) is 0 Å². The fourth-order valence-corrected chi connectivity index (χ4v) is 5.29. The molecular formula is C40H43F3O7. The highest BCUT2D eigenvalue weighted by Gasteiger charge is 2.40. The van der Waals surface area contributed by atoms with Crippen molar-refractivity contribution in [2.75, 3.05) is 13.2 Å². The van der Waals surface area contributed by atoms with Crippen LogP contribution in [0.2, 0.25) is 0 Å². The van der Waals surface area contributed by atoms with Crippen molar-refractivity contribution in [2.45, 2.75) is 83.9 Å². The topological polar surface area (TPSA) is 88.1 Å². The molecule has 0 amide bonds. The van der Waals surface area contributed by atoms with Gasteiger partial charge >= 0.3 is 24.1 Å². The predicted molar refractivity (Wildman–Crippen MR) is 185 cm³/mol. The predicted octanol–water partition coefficient (Wildman–Crippen LogP) is 10.3. The van der Waals surface area contributed by atoms with Crippen LogP contribution in [0.1, 0.15) is 92.4 Å². The molecule has 4 rings (SSSR count). The van der Waals surface area contributed by atoms with Crippen LogP contribution >= 0.6 is 0 Å². The summed E-state index contributed by atoms with van der Waals surface area (Å²) in [6, 6.07) is 25.2. The molecule has 1 atom stereocenters. The Labute approximate surface area is 290 Å². The molecule has 0 saturated carbocycles. The van der Waals surface area contributed by atoms with Gasteiger partial charge in [0.15, 0.2) is 0 Å². The van der Waals surface area contributed by atoms with Gasteiger partial charge < -0.3 is 18.9 Å². The molecule has 0 aliphatic rings. The van der Waals surface area contributed by atoms with E-state index < -0.39 is 18.1 Å². The van der Waals surface area contributed by atoms with Crippen molar-refractivity contribution >= 4 is 28.7 Å². The van der Waals surface area contributed by atoms with E-state index >= 15 is 0 Å². The van der Waals surface area contributed by atoms with Crippen LogP contribution in [0.3, 0.4) is 0 Å². The van der Waals surface area contributed by atoms with Crippen LogP contribution in [0.4, 0.5) is 13.2 Å². The van der Waals surface area contributed by atoms with Crippen molar-refractivity contribution < 1.29 is 46.5 Å². The quantitative estimate of drug-likeness (QED) is 0.0583. The second-order valence-electron chi connectivity index (χ2n) is 12.2. The molecule has 10 heteroatoms. The van der Waals surface area contributed by atoms with Crippen molar-refractivity contribution in [2.24, 2.45) is 0 Å². The summed E-state index contributed by atoms with van der Waals surface area (Å²) >= 11 is 0. The Morgan fingerprint density at radius 1 is 0.640 bits per heavy atom. The van der Waals surface area contributed by atoms with Crippen LogP contribution in [0.15, 0.2) is 84.9 Å². The lowest BCUT2D eigenvalue weighted by Crippen LogP contribution is -2.25. The highest BCUT2D eigenvalue weighted by atomic mass is 19.4. The van der Waals surface area contributed by atoms with Crippen LogP contribution in [0.25, 0.3) is 21.9 Å². The summed E-state index contributed by atoms with van der Waals surface area (Å²) in [5.41, 5.74) is 2.72. The first kappa shape index (κ1) is 38.0. The number of carbonyl (C=O) groups is 3. The monoisotopic (exact) mass is 692 g/mol. The smallest absolute Gasteiger partial charge is 0.490 e. The number of carbonyl (C=O) groups excluding carboxylic acids is 3. The lowest BCUT2D eigenvalue weighted by Gasteiger charge is -2.13. The van der Waals surface area contributed by atoms with Crippen LogP contribution in [0, 0.1) is 0 Å². The van der Waals surface area contributed by atoms with E-state index in [-0.39, 0.29) is 18.7 Å². The number of halogens is 3. The van der Waals surface area contributed by atoms with Gasteiger partial charge in [-0.3, -0.25) is 0 Å². The van der Waals surface area contributed by atoms with Gasteiger partial charge in [-0.15, -0.1) is 0 Å². The van der Waals surface area contributed by atoms with E-state index in [2.05, 4.69) is 11.7 Å². The third-order valence-electron chi connectivity index (χ3n) is 8.11. The molecule has 0 aromatic heterocycles. The number of benzene rings is 4. The third kappa shape index (κ3) is 11.9. The molecule has 0 radical (unpaired) electrons. The summed E-state index contributed by atoms with van der Waals surface area (Å²) < 4.78 is 57.5. The van der Waals surface area contributed by atoms with E-state index in [0.717, 1.165) is 54.0 Å². The number of hydrogen-bond acceptors (Lipinski definition) is 7. The Morgan fingerprint density at radius 2 is 1.22 bits per heavy atom. The molecule has 4 aromatic carbocycles. The van der Waals surface area contributed by atoms with Gasteiger partial charge in [0.25, 0.3) is 0 Å². The standard InChI is InChI=1S/C40H43F3O7/c1-3-4-5-8-11-28(2)49-38(45)34-17-16-33-27-36(23-20-32(33)26-34)50-37(44)31-14-12-29(13-15-31)30-18-21-35(22-19-30)47-24-9-6-7-10-25-48-39(46)40(41,42)43/h12-23,26-28H,3-11,24-25H2,1-2H3/t28-/m0/s1. The van der Waals surface area contributed by atoms with E-state index in [1.165, 1.54) is 6.42 Å². The van der Waals surface area contributed by atoms with E-state index in [0.29, 0.717) is 48.5 Å². The van der Waals surface area contributed by atoms with Crippen LogP contribution < -0.4 is 9.47 Å². The molecule has 7 nitrogen and oxygen atoms in total. The number of hydrogen-bond donors (Lipinski definition) is 0. The molecule has 0 aliphatic carbocycles. The molecule has 50 heavy (non-hydrogen) atoms. The van der Waals surface area contributed by atoms with Crippen molar-refractivity contribution in [3.05, 3.63) is 96.1 Å². The summed E-state index contributed by atoms with van der Waals surface area (Å²) in [5.74, 6) is -1.92. The molecule has 0 spiro atoms. The summed E-state index contributed by atoms with van der Waals surface area (Å²) in [4.78, 5) is 36.3. The van der Waals surface area contributed by atoms with Crippen molar-refractivity contribution in [3.8, 4) is 22.6 Å². The average molecular weight is 693 g/mol. The molecule has 0 heterocycles. The second kappa shape index (κ2) is 18.8. The Bertz CT molecular complexity index is 1700. The van der Waals surface area contributed by atoms with Gasteiger partial charge in [-0.25, -0.2) is 14.4 Å². The van der Waals surface area contributed by atoms with Gasteiger partial charge in [0.1, 0.15) is 11.5 Å². The first-order valence-corrected chi connectivity index (χ1v) is 17.1. The maximum atomic E-state index is 12.9. The van der Waals surface area contributed by atoms with Crippen molar-refractivity contribution in [1.29, 1.82) is 0 Å². The normalized spacial score (nSPS) is 11.9. The number of unbranched alkanes of at least 4 members (excludes halogenated alkanes) is 6. The van der Waals surface area contributed by atoms with E-state index in [1.54, 1.807) is 36.4 Å². The van der Waals surface area contributed by atoms with Gasteiger partial charge in [-0.05, 0) is 116 Å². The van der Waals surface area contributed by atoms with Crippen LogP contribution in [0.5, 0.6) is 11.5 Å². The van der Waals surface area contributed by atoms with Crippen molar-refractivity contribution in [1.82, 2.24) is 0 Å². The minimum Gasteiger partial charge on any atom is -0.494 e. The largest absolute Gasteiger partial charge is 0.494 e. The lowest BCUT2D eigenvalue weighted by atomic mass is 10.0. The maximum Gasteiger partial charge on any atom is 0.490 e. The number of ether oxygens (including phenoxy) is 4. The van der Waals surface area contributed by atoms with Gasteiger partial charge in [0, 0.05) is 0 Å². The van der Waals surface area contributed by atoms with Crippen LogP contribution in [-0.4, -0.2) is 43.4 Å². The van der Waals surface area contributed by atoms with Gasteiger partial charge in [-0.2, -0.15) is 13.2 Å².